The summed E-state index contributed by atoms with van der Waals surface area (Å²) in [5, 5.41) is 3.83. The summed E-state index contributed by atoms with van der Waals surface area (Å²) < 4.78 is 5.82. The fraction of sp³-hybridized carbons (Fsp3) is 0.632. The van der Waals surface area contributed by atoms with Crippen LogP contribution in [0.5, 0.6) is 0 Å². The summed E-state index contributed by atoms with van der Waals surface area (Å²) in [6.45, 7) is 2.46. The van der Waals surface area contributed by atoms with E-state index in [2.05, 4.69) is 42.4 Å². The van der Waals surface area contributed by atoms with Gasteiger partial charge in [-0.25, -0.2) is 0 Å². The van der Waals surface area contributed by atoms with Crippen molar-refractivity contribution in [1.82, 2.24) is 0 Å². The highest BCUT2D eigenvalue weighted by Gasteiger charge is 2.55. The summed E-state index contributed by atoms with van der Waals surface area (Å²) in [6, 6.07) is 0. The highest BCUT2D eigenvalue weighted by Crippen LogP contribution is 2.60. The van der Waals surface area contributed by atoms with Crippen molar-refractivity contribution in [1.29, 1.82) is 0 Å². The Labute approximate surface area is 133 Å². The molecular formula is C19H26N2O. The molecule has 6 atom stereocenters. The molecule has 118 valence electrons. The zero-order valence-electron chi connectivity index (χ0n) is 13.5. The predicted octanol–water partition coefficient (Wildman–Crippen LogP) is 3.44. The SMILES string of the molecule is CO[C@@H]1CC[C@H]2[C@@H]3C=CC4=CC(=NN)C=C[C@@H]4[C@H]3CC[C@]12C. The van der Waals surface area contributed by atoms with E-state index in [1.807, 2.05) is 7.11 Å². The van der Waals surface area contributed by atoms with Crippen molar-refractivity contribution in [3.63, 3.8) is 0 Å². The number of hydrogen-bond acceptors (Lipinski definition) is 3. The van der Waals surface area contributed by atoms with Gasteiger partial charge in [0.15, 0.2) is 0 Å². The second-order valence-electron chi connectivity index (χ2n) is 7.64. The minimum absolute atomic E-state index is 0.365. The summed E-state index contributed by atoms with van der Waals surface area (Å²) in [5.41, 5.74) is 2.64. The van der Waals surface area contributed by atoms with Crippen LogP contribution in [0, 0.1) is 29.1 Å². The molecule has 4 aliphatic rings. The molecule has 0 aliphatic heterocycles. The first kappa shape index (κ1) is 14.3. The first-order chi connectivity index (χ1) is 10.7. The molecule has 4 aliphatic carbocycles. The molecule has 0 amide bonds. The van der Waals surface area contributed by atoms with Crippen LogP contribution in [-0.2, 0) is 4.74 Å². The third-order valence-corrected chi connectivity index (χ3v) is 6.88. The molecule has 0 aromatic rings. The maximum absolute atomic E-state index is 5.82. The summed E-state index contributed by atoms with van der Waals surface area (Å²) in [4.78, 5) is 0. The highest BCUT2D eigenvalue weighted by molar-refractivity contribution is 6.05. The van der Waals surface area contributed by atoms with Gasteiger partial charge in [-0.05, 0) is 66.6 Å². The van der Waals surface area contributed by atoms with Crippen LogP contribution in [0.25, 0.3) is 0 Å². The lowest BCUT2D eigenvalue weighted by Crippen LogP contribution is -2.46. The van der Waals surface area contributed by atoms with Crippen molar-refractivity contribution in [2.24, 2.45) is 40.0 Å². The lowest BCUT2D eigenvalue weighted by molar-refractivity contribution is -0.0473. The Balaban J connectivity index is 1.67. The summed E-state index contributed by atoms with van der Waals surface area (Å²) in [5.74, 6) is 8.18. The highest BCUT2D eigenvalue weighted by atomic mass is 16.5. The van der Waals surface area contributed by atoms with Crippen molar-refractivity contribution in [2.75, 3.05) is 7.11 Å². The first-order valence-electron chi connectivity index (χ1n) is 8.56. The Morgan fingerprint density at radius 2 is 2.09 bits per heavy atom. The van der Waals surface area contributed by atoms with Gasteiger partial charge in [-0.1, -0.05) is 25.2 Å². The van der Waals surface area contributed by atoms with Gasteiger partial charge in [0.1, 0.15) is 0 Å². The minimum atomic E-state index is 0.365. The maximum Gasteiger partial charge on any atom is 0.0826 e. The average Bonchev–Trinajstić information content (AvgIpc) is 2.90. The van der Waals surface area contributed by atoms with E-state index in [-0.39, 0.29) is 0 Å². The van der Waals surface area contributed by atoms with Crippen LogP contribution < -0.4 is 5.84 Å². The van der Waals surface area contributed by atoms with Gasteiger partial charge in [-0.15, -0.1) is 0 Å². The van der Waals surface area contributed by atoms with Crippen molar-refractivity contribution in [2.45, 2.75) is 38.7 Å². The monoisotopic (exact) mass is 298 g/mol. The van der Waals surface area contributed by atoms with E-state index in [0.29, 0.717) is 23.4 Å². The predicted molar refractivity (Wildman–Crippen MR) is 89.3 cm³/mol. The zero-order chi connectivity index (χ0) is 15.3. The van der Waals surface area contributed by atoms with Crippen LogP contribution in [0.4, 0.5) is 0 Å². The number of rotatable bonds is 1. The average molecular weight is 298 g/mol. The number of ether oxygens (including phenoxy) is 1. The van der Waals surface area contributed by atoms with Gasteiger partial charge in [0.2, 0.25) is 0 Å². The molecule has 0 bridgehead atoms. The summed E-state index contributed by atoms with van der Waals surface area (Å²) in [6.07, 6.45) is 16.9. The van der Waals surface area contributed by atoms with E-state index in [9.17, 15) is 0 Å². The van der Waals surface area contributed by atoms with Gasteiger partial charge < -0.3 is 10.6 Å². The van der Waals surface area contributed by atoms with Gasteiger partial charge in [-0.3, -0.25) is 0 Å². The lowest BCUT2D eigenvalue weighted by atomic mass is 9.54. The van der Waals surface area contributed by atoms with Crippen LogP contribution in [0.15, 0.2) is 41.1 Å². The molecule has 0 saturated heterocycles. The molecule has 4 rings (SSSR count). The van der Waals surface area contributed by atoms with Gasteiger partial charge in [0.25, 0.3) is 0 Å². The molecule has 0 radical (unpaired) electrons. The van der Waals surface area contributed by atoms with E-state index in [4.69, 9.17) is 10.6 Å². The first-order valence-corrected chi connectivity index (χ1v) is 8.56. The van der Waals surface area contributed by atoms with Gasteiger partial charge in [0.05, 0.1) is 11.8 Å². The Hall–Kier alpha value is -1.35. The molecule has 0 aromatic carbocycles. The Morgan fingerprint density at radius 1 is 1.23 bits per heavy atom. The van der Waals surface area contributed by atoms with E-state index in [0.717, 1.165) is 17.5 Å². The van der Waals surface area contributed by atoms with Crippen molar-refractivity contribution >= 4 is 5.71 Å². The molecule has 3 nitrogen and oxygen atoms in total. The van der Waals surface area contributed by atoms with Crippen molar-refractivity contribution in [3.05, 3.63) is 36.0 Å². The Morgan fingerprint density at radius 3 is 2.86 bits per heavy atom. The number of nitrogens with two attached hydrogens (primary N) is 1. The summed E-state index contributed by atoms with van der Waals surface area (Å²) in [7, 11) is 1.89. The number of fused-ring (bicyclic) bond motifs is 5. The third-order valence-electron chi connectivity index (χ3n) is 6.88. The minimum Gasteiger partial charge on any atom is -0.381 e. The number of methoxy groups -OCH3 is 1. The number of hydrazone groups is 1. The quantitative estimate of drug-likeness (QED) is 0.595. The molecule has 22 heavy (non-hydrogen) atoms. The standard InChI is InChI=1S/C19H26N2O/c1-19-10-9-15-14-6-4-13(21-20)11-12(14)3-5-16(15)17(19)7-8-18(19)22-2/h3-6,11,14-18H,7-10,20H2,1-2H3/t14-,15+,16+,17-,18+,19-/m0/s1. The van der Waals surface area contributed by atoms with Crippen LogP contribution in [-0.4, -0.2) is 18.9 Å². The fourth-order valence-electron chi connectivity index (χ4n) is 5.74. The van der Waals surface area contributed by atoms with Gasteiger partial charge >= 0.3 is 0 Å². The second kappa shape index (κ2) is 5.09. The van der Waals surface area contributed by atoms with E-state index < -0.39 is 0 Å². The molecule has 3 heteroatoms. The van der Waals surface area contributed by atoms with E-state index in [1.54, 1.807) is 0 Å². The van der Waals surface area contributed by atoms with Crippen LogP contribution >= 0.6 is 0 Å². The number of nitrogens with zero attached hydrogens (tertiary/aromatic N) is 1. The van der Waals surface area contributed by atoms with Crippen molar-refractivity contribution < 1.29 is 4.74 Å². The Bertz CT molecular complexity index is 588. The smallest absolute Gasteiger partial charge is 0.0826 e. The Kier molecular flexibility index (Phi) is 3.30. The lowest BCUT2D eigenvalue weighted by Gasteiger charge is -2.51. The molecule has 0 aromatic heterocycles. The van der Waals surface area contributed by atoms with Crippen molar-refractivity contribution in [3.8, 4) is 0 Å². The largest absolute Gasteiger partial charge is 0.381 e. The normalized spacial score (nSPS) is 47.8. The van der Waals surface area contributed by atoms with E-state index >= 15 is 0 Å². The summed E-state index contributed by atoms with van der Waals surface area (Å²) >= 11 is 0. The van der Waals surface area contributed by atoms with E-state index in [1.165, 1.54) is 31.3 Å². The molecule has 0 heterocycles. The zero-order valence-corrected chi connectivity index (χ0v) is 13.5. The molecule has 2 N–H and O–H groups in total. The third kappa shape index (κ3) is 1.88. The molecule has 0 spiro atoms. The maximum atomic E-state index is 5.82. The topological polar surface area (TPSA) is 47.6 Å². The molecular weight excluding hydrogens is 272 g/mol. The molecule has 2 fully saturated rings. The molecule has 2 saturated carbocycles. The van der Waals surface area contributed by atoms with Gasteiger partial charge in [-0.2, -0.15) is 5.10 Å². The van der Waals surface area contributed by atoms with Crippen LogP contribution in [0.3, 0.4) is 0 Å². The molecule has 0 unspecified atom stereocenters. The van der Waals surface area contributed by atoms with Crippen LogP contribution in [0.2, 0.25) is 0 Å². The number of allylic oxidation sites excluding steroid dienone is 6. The van der Waals surface area contributed by atoms with Gasteiger partial charge in [0, 0.05) is 13.0 Å². The fourth-order valence-corrected chi connectivity index (χ4v) is 5.74. The second-order valence-corrected chi connectivity index (χ2v) is 7.64. The van der Waals surface area contributed by atoms with Crippen LogP contribution in [0.1, 0.15) is 32.6 Å². The number of hydrogen-bond donors (Lipinski definition) is 1.